The first-order valence-corrected chi connectivity index (χ1v) is 6.55. The van der Waals surface area contributed by atoms with Gasteiger partial charge in [0, 0.05) is 24.9 Å². The fourth-order valence-electron chi connectivity index (χ4n) is 1.82. The minimum atomic E-state index is -0.154. The fraction of sp³-hybridized carbons (Fsp3) is 0.538. The summed E-state index contributed by atoms with van der Waals surface area (Å²) in [5, 5.41) is 12.1. The Labute approximate surface area is 112 Å². The summed E-state index contributed by atoms with van der Waals surface area (Å²) in [4.78, 5) is 15.7. The molecular formula is C13H19ClN2O2. The lowest BCUT2D eigenvalue weighted by atomic mass is 10.00. The van der Waals surface area contributed by atoms with Crippen LogP contribution in [0.15, 0.2) is 18.3 Å². The first-order valence-electron chi connectivity index (χ1n) is 6.18. The van der Waals surface area contributed by atoms with Crippen molar-refractivity contribution in [3.63, 3.8) is 0 Å². The Morgan fingerprint density at radius 1 is 1.56 bits per heavy atom. The number of pyridine rings is 1. The molecule has 0 aliphatic rings. The molecule has 1 heterocycles. The van der Waals surface area contributed by atoms with Crippen molar-refractivity contribution in [1.29, 1.82) is 0 Å². The number of hydrogen-bond acceptors (Lipinski definition) is 3. The number of carbonyl (C=O) groups is 1. The molecule has 0 aliphatic heterocycles. The van der Waals surface area contributed by atoms with Gasteiger partial charge >= 0.3 is 0 Å². The average molecular weight is 271 g/mol. The molecule has 5 heteroatoms. The normalized spacial score (nSPS) is 12.2. The third kappa shape index (κ3) is 5.02. The predicted octanol–water partition coefficient (Wildman–Crippen LogP) is 2.26. The second-order valence-electron chi connectivity index (χ2n) is 4.24. The monoisotopic (exact) mass is 270 g/mol. The number of aliphatic hydroxyl groups excluding tert-OH is 1. The Kier molecular flexibility index (Phi) is 6.68. The first-order chi connectivity index (χ1) is 8.67. The molecule has 1 amide bonds. The molecule has 1 aromatic rings. The molecule has 0 radical (unpaired) electrons. The van der Waals surface area contributed by atoms with Crippen molar-refractivity contribution in [2.75, 3.05) is 13.2 Å². The lowest BCUT2D eigenvalue weighted by molar-refractivity contribution is 0.0943. The van der Waals surface area contributed by atoms with Gasteiger partial charge in [0.25, 0.3) is 5.91 Å². The molecule has 1 rings (SSSR count). The van der Waals surface area contributed by atoms with E-state index >= 15 is 0 Å². The second kappa shape index (κ2) is 8.06. The van der Waals surface area contributed by atoms with Crippen LogP contribution < -0.4 is 5.32 Å². The number of rotatable bonds is 7. The molecule has 0 aromatic carbocycles. The molecule has 0 fully saturated rings. The summed E-state index contributed by atoms with van der Waals surface area (Å²) in [6.07, 6.45) is 4.26. The van der Waals surface area contributed by atoms with E-state index in [0.717, 1.165) is 12.8 Å². The van der Waals surface area contributed by atoms with Gasteiger partial charge in [-0.3, -0.25) is 4.79 Å². The highest BCUT2D eigenvalue weighted by Gasteiger charge is 2.11. The largest absolute Gasteiger partial charge is 0.396 e. The number of nitrogens with one attached hydrogen (secondary N) is 1. The highest BCUT2D eigenvalue weighted by Crippen LogP contribution is 2.11. The van der Waals surface area contributed by atoms with Crippen LogP contribution in [0.3, 0.4) is 0 Å². The second-order valence-corrected chi connectivity index (χ2v) is 4.63. The third-order valence-corrected chi connectivity index (χ3v) is 2.98. The van der Waals surface area contributed by atoms with Crippen LogP contribution in [0.1, 0.15) is 36.5 Å². The summed E-state index contributed by atoms with van der Waals surface area (Å²) in [7, 11) is 0. The van der Waals surface area contributed by atoms with E-state index in [1.165, 1.54) is 12.3 Å². The Hall–Kier alpha value is -1.13. The molecule has 1 aromatic heterocycles. The molecule has 1 unspecified atom stereocenters. The number of amides is 1. The Bertz CT molecular complexity index is 379. The quantitative estimate of drug-likeness (QED) is 0.747. The number of halogens is 1. The van der Waals surface area contributed by atoms with Crippen LogP contribution in [0.5, 0.6) is 0 Å². The third-order valence-electron chi connectivity index (χ3n) is 2.77. The smallest absolute Gasteiger partial charge is 0.251 e. The summed E-state index contributed by atoms with van der Waals surface area (Å²) in [5.41, 5.74) is 0.509. The van der Waals surface area contributed by atoms with Crippen LogP contribution in [0.2, 0.25) is 5.15 Å². The minimum absolute atomic E-state index is 0.154. The van der Waals surface area contributed by atoms with Gasteiger partial charge in [-0.15, -0.1) is 0 Å². The van der Waals surface area contributed by atoms with Gasteiger partial charge in [-0.05, 0) is 30.9 Å². The van der Waals surface area contributed by atoms with Gasteiger partial charge in [0.2, 0.25) is 0 Å². The van der Waals surface area contributed by atoms with Gasteiger partial charge in [-0.2, -0.15) is 0 Å². The van der Waals surface area contributed by atoms with Crippen molar-refractivity contribution < 1.29 is 9.90 Å². The zero-order chi connectivity index (χ0) is 13.4. The van der Waals surface area contributed by atoms with Crippen molar-refractivity contribution in [2.45, 2.75) is 26.2 Å². The fourth-order valence-corrected chi connectivity index (χ4v) is 2.00. The standard InChI is InChI=1S/C13H19ClN2O2/c1-2-3-10(5-7-17)9-16-13(18)11-4-6-15-12(14)8-11/h4,6,8,10,17H,2-3,5,7,9H2,1H3,(H,16,18). The van der Waals surface area contributed by atoms with Crippen LogP contribution >= 0.6 is 11.6 Å². The molecule has 0 spiro atoms. The summed E-state index contributed by atoms with van der Waals surface area (Å²) in [6, 6.07) is 3.17. The van der Waals surface area contributed by atoms with Gasteiger partial charge in [-0.1, -0.05) is 24.9 Å². The molecule has 18 heavy (non-hydrogen) atoms. The predicted molar refractivity (Wildman–Crippen MR) is 71.7 cm³/mol. The number of aliphatic hydroxyl groups is 1. The zero-order valence-corrected chi connectivity index (χ0v) is 11.3. The Morgan fingerprint density at radius 3 is 2.94 bits per heavy atom. The summed E-state index contributed by atoms with van der Waals surface area (Å²) in [5.74, 6) is 0.166. The maximum atomic E-state index is 11.8. The van der Waals surface area contributed by atoms with Gasteiger partial charge in [0.15, 0.2) is 0 Å². The number of carbonyl (C=O) groups excluding carboxylic acids is 1. The highest BCUT2D eigenvalue weighted by atomic mass is 35.5. The van der Waals surface area contributed by atoms with Gasteiger partial charge < -0.3 is 10.4 Å². The van der Waals surface area contributed by atoms with E-state index in [4.69, 9.17) is 16.7 Å². The van der Waals surface area contributed by atoms with E-state index < -0.39 is 0 Å². The number of nitrogens with zero attached hydrogens (tertiary/aromatic N) is 1. The van der Waals surface area contributed by atoms with Crippen molar-refractivity contribution >= 4 is 17.5 Å². The molecule has 0 saturated carbocycles. The number of hydrogen-bond donors (Lipinski definition) is 2. The van der Waals surface area contributed by atoms with E-state index in [0.29, 0.717) is 29.6 Å². The summed E-state index contributed by atoms with van der Waals surface area (Å²) >= 11 is 5.73. The first kappa shape index (κ1) is 14.9. The van der Waals surface area contributed by atoms with Crippen LogP contribution in [-0.4, -0.2) is 29.1 Å². The van der Waals surface area contributed by atoms with Gasteiger partial charge in [-0.25, -0.2) is 4.98 Å². The lowest BCUT2D eigenvalue weighted by Gasteiger charge is -2.15. The average Bonchev–Trinajstić information content (AvgIpc) is 2.36. The van der Waals surface area contributed by atoms with Crippen LogP contribution in [0.4, 0.5) is 0 Å². The van der Waals surface area contributed by atoms with Crippen LogP contribution in [0.25, 0.3) is 0 Å². The molecule has 0 bridgehead atoms. The molecule has 0 saturated heterocycles. The van der Waals surface area contributed by atoms with E-state index in [1.807, 2.05) is 0 Å². The van der Waals surface area contributed by atoms with E-state index in [9.17, 15) is 4.79 Å². The molecule has 100 valence electrons. The van der Waals surface area contributed by atoms with E-state index in [1.54, 1.807) is 6.07 Å². The maximum Gasteiger partial charge on any atom is 0.251 e. The van der Waals surface area contributed by atoms with Crippen LogP contribution in [0, 0.1) is 5.92 Å². The van der Waals surface area contributed by atoms with Gasteiger partial charge in [0.1, 0.15) is 5.15 Å². The highest BCUT2D eigenvalue weighted by molar-refractivity contribution is 6.29. The van der Waals surface area contributed by atoms with Crippen molar-refractivity contribution in [2.24, 2.45) is 5.92 Å². The van der Waals surface area contributed by atoms with E-state index in [-0.39, 0.29) is 12.5 Å². The molecule has 2 N–H and O–H groups in total. The summed E-state index contributed by atoms with van der Waals surface area (Å²) in [6.45, 7) is 2.82. The molecule has 0 aliphatic carbocycles. The number of aromatic nitrogens is 1. The molecule has 4 nitrogen and oxygen atoms in total. The Balaban J connectivity index is 2.49. The zero-order valence-electron chi connectivity index (χ0n) is 10.5. The minimum Gasteiger partial charge on any atom is -0.396 e. The SMILES string of the molecule is CCCC(CCO)CNC(=O)c1ccnc(Cl)c1. The summed E-state index contributed by atoms with van der Waals surface area (Å²) < 4.78 is 0. The lowest BCUT2D eigenvalue weighted by Crippen LogP contribution is -2.29. The molecular weight excluding hydrogens is 252 g/mol. The maximum absolute atomic E-state index is 11.8. The topological polar surface area (TPSA) is 62.2 Å². The van der Waals surface area contributed by atoms with Crippen LogP contribution in [-0.2, 0) is 0 Å². The van der Waals surface area contributed by atoms with E-state index in [2.05, 4.69) is 17.2 Å². The molecule has 1 atom stereocenters. The van der Waals surface area contributed by atoms with Crippen molar-refractivity contribution in [3.05, 3.63) is 29.0 Å². The van der Waals surface area contributed by atoms with Gasteiger partial charge in [0.05, 0.1) is 0 Å². The van der Waals surface area contributed by atoms with Crippen molar-refractivity contribution in [1.82, 2.24) is 10.3 Å². The van der Waals surface area contributed by atoms with Crippen molar-refractivity contribution in [3.8, 4) is 0 Å². The Morgan fingerprint density at radius 2 is 2.33 bits per heavy atom.